The molecular formula is C17H34N2. The molecular weight excluding hydrogens is 232 g/mol. The molecule has 0 bridgehead atoms. The summed E-state index contributed by atoms with van der Waals surface area (Å²) in [5, 5.41) is 3.69. The van der Waals surface area contributed by atoms with Crippen LogP contribution in [0.2, 0.25) is 0 Å². The van der Waals surface area contributed by atoms with Crippen LogP contribution in [0.4, 0.5) is 0 Å². The molecule has 0 aromatic rings. The van der Waals surface area contributed by atoms with Gasteiger partial charge in [-0.05, 0) is 58.2 Å². The fraction of sp³-hybridized carbons (Fsp3) is 1.00. The average Bonchev–Trinajstić information content (AvgIpc) is 3.04. The molecule has 1 aliphatic heterocycles. The molecule has 1 N–H and O–H groups in total. The molecule has 1 aliphatic carbocycles. The van der Waals surface area contributed by atoms with Crippen molar-refractivity contribution >= 4 is 0 Å². The van der Waals surface area contributed by atoms with Crippen LogP contribution in [0, 0.1) is 5.92 Å². The summed E-state index contributed by atoms with van der Waals surface area (Å²) in [6, 6.07) is 0.715. The van der Waals surface area contributed by atoms with Crippen molar-refractivity contribution in [3.8, 4) is 0 Å². The lowest BCUT2D eigenvalue weighted by Crippen LogP contribution is -2.58. The van der Waals surface area contributed by atoms with Gasteiger partial charge >= 0.3 is 0 Å². The van der Waals surface area contributed by atoms with Crippen molar-refractivity contribution in [3.63, 3.8) is 0 Å². The van der Waals surface area contributed by atoms with Crippen molar-refractivity contribution in [2.75, 3.05) is 20.1 Å². The van der Waals surface area contributed by atoms with E-state index in [2.05, 4.69) is 31.1 Å². The summed E-state index contributed by atoms with van der Waals surface area (Å²) < 4.78 is 0. The highest BCUT2D eigenvalue weighted by Gasteiger charge is 2.45. The zero-order chi connectivity index (χ0) is 13.7. The number of likely N-dealkylation sites (tertiary alicyclic amines) is 1. The zero-order valence-electron chi connectivity index (χ0n) is 13.4. The van der Waals surface area contributed by atoms with Gasteiger partial charge in [-0.15, -0.1) is 0 Å². The van der Waals surface area contributed by atoms with E-state index >= 15 is 0 Å². The molecule has 2 heteroatoms. The number of hydrogen-bond donors (Lipinski definition) is 1. The quantitative estimate of drug-likeness (QED) is 0.754. The van der Waals surface area contributed by atoms with Crippen molar-refractivity contribution < 1.29 is 0 Å². The summed E-state index contributed by atoms with van der Waals surface area (Å²) in [6.45, 7) is 7.39. The van der Waals surface area contributed by atoms with E-state index in [1.807, 2.05) is 0 Å². The highest BCUT2D eigenvalue weighted by Crippen LogP contribution is 2.41. The third kappa shape index (κ3) is 3.52. The van der Waals surface area contributed by atoms with Gasteiger partial charge < -0.3 is 5.32 Å². The molecule has 0 amide bonds. The molecule has 1 saturated carbocycles. The maximum absolute atomic E-state index is 3.69. The Kier molecular flexibility index (Phi) is 5.70. The van der Waals surface area contributed by atoms with Crippen molar-refractivity contribution in [2.45, 2.75) is 83.2 Å². The predicted octanol–water partition coefficient (Wildman–Crippen LogP) is 3.81. The van der Waals surface area contributed by atoms with Crippen LogP contribution in [0.3, 0.4) is 0 Å². The number of likely N-dealkylation sites (N-methyl/N-ethyl adjacent to an activating group) is 1. The third-order valence-corrected chi connectivity index (χ3v) is 5.48. The fourth-order valence-corrected chi connectivity index (χ4v) is 4.45. The molecule has 1 saturated heterocycles. The van der Waals surface area contributed by atoms with E-state index in [0.29, 0.717) is 11.6 Å². The maximum atomic E-state index is 3.69. The van der Waals surface area contributed by atoms with Gasteiger partial charge in [0.25, 0.3) is 0 Å². The number of nitrogens with one attached hydrogen (secondary N) is 1. The summed E-state index contributed by atoms with van der Waals surface area (Å²) in [5.74, 6) is 0.851. The van der Waals surface area contributed by atoms with Crippen LogP contribution >= 0.6 is 0 Å². The van der Waals surface area contributed by atoms with Crippen molar-refractivity contribution in [1.82, 2.24) is 10.2 Å². The lowest BCUT2D eigenvalue weighted by Gasteiger charge is -2.45. The zero-order valence-corrected chi connectivity index (χ0v) is 13.4. The molecule has 0 aromatic heterocycles. The summed E-state index contributed by atoms with van der Waals surface area (Å²) in [7, 11) is 2.19. The molecule has 2 rings (SSSR count). The van der Waals surface area contributed by atoms with Crippen LogP contribution in [0.5, 0.6) is 0 Å². The van der Waals surface area contributed by atoms with Crippen LogP contribution in [-0.2, 0) is 0 Å². The van der Waals surface area contributed by atoms with E-state index in [0.717, 1.165) is 5.92 Å². The van der Waals surface area contributed by atoms with E-state index in [1.165, 1.54) is 70.9 Å². The minimum absolute atomic E-state index is 0.502. The van der Waals surface area contributed by atoms with Crippen LogP contribution < -0.4 is 5.32 Å². The lowest BCUT2D eigenvalue weighted by atomic mass is 9.83. The summed E-state index contributed by atoms with van der Waals surface area (Å²) in [5.41, 5.74) is 0.502. The first-order valence-electron chi connectivity index (χ1n) is 8.61. The molecule has 1 atom stereocenters. The van der Waals surface area contributed by atoms with Crippen LogP contribution in [0.25, 0.3) is 0 Å². The SMILES string of the molecule is CNC(CCCC(C)C)C1(N2CCCC2)CCCC1. The second-order valence-corrected chi connectivity index (χ2v) is 7.17. The summed E-state index contributed by atoms with van der Waals surface area (Å²) >= 11 is 0. The highest BCUT2D eigenvalue weighted by atomic mass is 15.2. The number of hydrogen-bond acceptors (Lipinski definition) is 2. The van der Waals surface area contributed by atoms with Gasteiger partial charge in [0.1, 0.15) is 0 Å². The minimum Gasteiger partial charge on any atom is -0.315 e. The molecule has 0 radical (unpaired) electrons. The molecule has 2 aliphatic rings. The van der Waals surface area contributed by atoms with Crippen LogP contribution in [0.15, 0.2) is 0 Å². The van der Waals surface area contributed by atoms with Gasteiger partial charge in [0, 0.05) is 11.6 Å². The first-order chi connectivity index (χ1) is 9.19. The van der Waals surface area contributed by atoms with Crippen LogP contribution in [-0.4, -0.2) is 36.6 Å². The Labute approximate surface area is 120 Å². The van der Waals surface area contributed by atoms with Gasteiger partial charge in [-0.2, -0.15) is 0 Å². The largest absolute Gasteiger partial charge is 0.315 e. The Hall–Kier alpha value is -0.0800. The summed E-state index contributed by atoms with van der Waals surface area (Å²) in [6.07, 6.45) is 12.7. The van der Waals surface area contributed by atoms with E-state index in [4.69, 9.17) is 0 Å². The first-order valence-corrected chi connectivity index (χ1v) is 8.61. The maximum Gasteiger partial charge on any atom is 0.0362 e. The number of nitrogens with zero attached hydrogens (tertiary/aromatic N) is 1. The van der Waals surface area contributed by atoms with Crippen LogP contribution in [0.1, 0.15) is 71.6 Å². The second-order valence-electron chi connectivity index (χ2n) is 7.17. The van der Waals surface area contributed by atoms with Crippen molar-refractivity contribution in [2.24, 2.45) is 5.92 Å². The third-order valence-electron chi connectivity index (χ3n) is 5.48. The van der Waals surface area contributed by atoms with E-state index in [-0.39, 0.29) is 0 Å². The van der Waals surface area contributed by atoms with Crippen molar-refractivity contribution in [1.29, 1.82) is 0 Å². The van der Waals surface area contributed by atoms with E-state index in [1.54, 1.807) is 0 Å². The van der Waals surface area contributed by atoms with Gasteiger partial charge in [0.15, 0.2) is 0 Å². The van der Waals surface area contributed by atoms with Gasteiger partial charge in [-0.3, -0.25) is 4.90 Å². The standard InChI is InChI=1S/C17H34N2/c1-15(2)9-8-10-16(18-3)17(11-4-5-12-17)19-13-6-7-14-19/h15-16,18H,4-14H2,1-3H3. The molecule has 2 nitrogen and oxygen atoms in total. The van der Waals surface area contributed by atoms with Gasteiger partial charge in [-0.25, -0.2) is 0 Å². The normalized spacial score (nSPS) is 25.3. The second kappa shape index (κ2) is 7.08. The van der Waals surface area contributed by atoms with Gasteiger partial charge in [0.05, 0.1) is 0 Å². The number of rotatable bonds is 7. The Morgan fingerprint density at radius 3 is 2.16 bits per heavy atom. The molecule has 19 heavy (non-hydrogen) atoms. The molecule has 0 spiro atoms. The fourth-order valence-electron chi connectivity index (χ4n) is 4.45. The Morgan fingerprint density at radius 2 is 1.63 bits per heavy atom. The van der Waals surface area contributed by atoms with E-state index in [9.17, 15) is 0 Å². The van der Waals surface area contributed by atoms with Crippen molar-refractivity contribution in [3.05, 3.63) is 0 Å². The van der Waals surface area contributed by atoms with Gasteiger partial charge in [0.2, 0.25) is 0 Å². The Balaban J connectivity index is 1.98. The minimum atomic E-state index is 0.502. The average molecular weight is 266 g/mol. The first kappa shape index (κ1) is 15.3. The molecule has 112 valence electrons. The van der Waals surface area contributed by atoms with E-state index < -0.39 is 0 Å². The molecule has 1 heterocycles. The smallest absolute Gasteiger partial charge is 0.0362 e. The lowest BCUT2D eigenvalue weighted by molar-refractivity contribution is 0.0747. The summed E-state index contributed by atoms with van der Waals surface area (Å²) in [4.78, 5) is 2.84. The molecule has 1 unspecified atom stereocenters. The Bertz CT molecular complexity index is 250. The molecule has 2 fully saturated rings. The predicted molar refractivity (Wildman–Crippen MR) is 83.5 cm³/mol. The molecule has 0 aromatic carbocycles. The highest BCUT2D eigenvalue weighted by molar-refractivity contribution is 5.04. The Morgan fingerprint density at radius 1 is 1.00 bits per heavy atom. The van der Waals surface area contributed by atoms with Gasteiger partial charge in [-0.1, -0.05) is 39.5 Å². The monoisotopic (exact) mass is 266 g/mol. The topological polar surface area (TPSA) is 15.3 Å².